The van der Waals surface area contributed by atoms with Gasteiger partial charge in [0.15, 0.2) is 0 Å². The van der Waals surface area contributed by atoms with Crippen molar-refractivity contribution in [2.75, 3.05) is 13.1 Å². The summed E-state index contributed by atoms with van der Waals surface area (Å²) in [5, 5.41) is 0. The number of nitrogens with two attached hydrogens (primary N) is 1. The molecule has 0 radical (unpaired) electrons. The van der Waals surface area contributed by atoms with Gasteiger partial charge in [-0.1, -0.05) is 64.3 Å². The van der Waals surface area contributed by atoms with E-state index >= 15 is 0 Å². The molecule has 0 bridgehead atoms. The molecule has 1 saturated carbocycles. The third-order valence-electron chi connectivity index (χ3n) is 7.79. The molecule has 1 aromatic rings. The first-order chi connectivity index (χ1) is 17.6. The maximum atomic E-state index is 13.2. The normalized spacial score (nSPS) is 19.9. The van der Waals surface area contributed by atoms with E-state index in [9.17, 15) is 4.79 Å². The Morgan fingerprint density at radius 1 is 1.27 bits per heavy atom. The van der Waals surface area contributed by atoms with Crippen LogP contribution in [-0.4, -0.2) is 36.2 Å². The van der Waals surface area contributed by atoms with Crippen LogP contribution >= 0.6 is 0 Å². The van der Waals surface area contributed by atoms with Crippen molar-refractivity contribution >= 4 is 12.1 Å². The molecule has 0 aromatic heterocycles. The minimum absolute atomic E-state index is 0.0672. The fourth-order valence-corrected chi connectivity index (χ4v) is 5.16. The van der Waals surface area contributed by atoms with Crippen molar-refractivity contribution < 1.29 is 4.79 Å². The summed E-state index contributed by atoms with van der Waals surface area (Å²) >= 11 is 0. The van der Waals surface area contributed by atoms with Crippen molar-refractivity contribution in [3.05, 3.63) is 94.8 Å². The topological polar surface area (TPSA) is 58.7 Å². The Hall–Kier alpha value is -2.98. The van der Waals surface area contributed by atoms with Crippen molar-refractivity contribution in [1.82, 2.24) is 4.90 Å². The smallest absolute Gasteiger partial charge is 0.253 e. The van der Waals surface area contributed by atoms with Crippen LogP contribution in [0.25, 0.3) is 0 Å². The van der Waals surface area contributed by atoms with Gasteiger partial charge < -0.3 is 10.6 Å². The molecule has 1 aromatic carbocycles. The quantitative estimate of drug-likeness (QED) is 0.261. The molecule has 1 amide bonds. The molecule has 4 heteroatoms. The SMILES string of the molecule is C=C(Cc1cc(C(=O)N2CCC(N)C2)ccc1C1(CC)CC1)N=C/C(=C\C)C(=C)/C=C(\C=C/C)C(C)C. The fourth-order valence-electron chi connectivity index (χ4n) is 5.16. The lowest BCUT2D eigenvalue weighted by atomic mass is 9.86. The van der Waals surface area contributed by atoms with Gasteiger partial charge in [0.05, 0.1) is 0 Å². The van der Waals surface area contributed by atoms with Gasteiger partial charge in [-0.05, 0) is 90.8 Å². The maximum absolute atomic E-state index is 13.2. The first-order valence-corrected chi connectivity index (χ1v) is 13.7. The van der Waals surface area contributed by atoms with Crippen LogP contribution in [0.4, 0.5) is 0 Å². The van der Waals surface area contributed by atoms with Gasteiger partial charge in [-0.15, -0.1) is 0 Å². The third-order valence-corrected chi connectivity index (χ3v) is 7.79. The summed E-state index contributed by atoms with van der Waals surface area (Å²) in [5.41, 5.74) is 13.4. The molecule has 1 aliphatic heterocycles. The maximum Gasteiger partial charge on any atom is 0.253 e. The van der Waals surface area contributed by atoms with Crippen LogP contribution in [0.2, 0.25) is 0 Å². The summed E-state index contributed by atoms with van der Waals surface area (Å²) < 4.78 is 0. The van der Waals surface area contributed by atoms with E-state index in [2.05, 4.69) is 64.3 Å². The van der Waals surface area contributed by atoms with E-state index in [0.29, 0.717) is 18.9 Å². The molecule has 2 aliphatic rings. The van der Waals surface area contributed by atoms with Crippen LogP contribution in [0.5, 0.6) is 0 Å². The number of amides is 1. The Bertz CT molecular complexity index is 1140. The third kappa shape index (κ3) is 7.07. The number of allylic oxidation sites excluding steroid dienone is 8. The second-order valence-electron chi connectivity index (χ2n) is 10.9. The molecular formula is C33H45N3O. The molecule has 1 saturated heterocycles. The second kappa shape index (κ2) is 12.5. The number of carbonyl (C=O) groups excluding carboxylic acids is 1. The number of hydrogen-bond acceptors (Lipinski definition) is 3. The highest BCUT2D eigenvalue weighted by Crippen LogP contribution is 2.52. The average molecular weight is 500 g/mol. The highest BCUT2D eigenvalue weighted by molar-refractivity contribution is 5.95. The molecule has 37 heavy (non-hydrogen) atoms. The van der Waals surface area contributed by atoms with E-state index in [-0.39, 0.29) is 17.4 Å². The van der Waals surface area contributed by atoms with E-state index in [1.54, 1.807) is 0 Å². The number of benzene rings is 1. The predicted octanol–water partition coefficient (Wildman–Crippen LogP) is 7.09. The Kier molecular flexibility index (Phi) is 9.67. The number of carbonyl (C=O) groups is 1. The van der Waals surface area contributed by atoms with Gasteiger partial charge in [-0.2, -0.15) is 0 Å². The van der Waals surface area contributed by atoms with Gasteiger partial charge in [0.25, 0.3) is 5.91 Å². The van der Waals surface area contributed by atoms with E-state index in [1.807, 2.05) is 37.1 Å². The molecule has 1 heterocycles. The van der Waals surface area contributed by atoms with Crippen molar-refractivity contribution in [3.63, 3.8) is 0 Å². The van der Waals surface area contributed by atoms with Gasteiger partial charge in [0.1, 0.15) is 0 Å². The zero-order chi connectivity index (χ0) is 27.2. The van der Waals surface area contributed by atoms with E-state index < -0.39 is 0 Å². The van der Waals surface area contributed by atoms with Crippen LogP contribution in [0.1, 0.15) is 81.8 Å². The molecular weight excluding hydrogens is 454 g/mol. The molecule has 2 fully saturated rings. The summed E-state index contributed by atoms with van der Waals surface area (Å²) in [7, 11) is 0. The molecule has 3 rings (SSSR count). The molecule has 2 N–H and O–H groups in total. The van der Waals surface area contributed by atoms with Crippen LogP contribution in [0.15, 0.2) is 83.1 Å². The first kappa shape index (κ1) is 28.6. The second-order valence-corrected chi connectivity index (χ2v) is 10.9. The van der Waals surface area contributed by atoms with Crippen molar-refractivity contribution in [3.8, 4) is 0 Å². The number of likely N-dealkylation sites (tertiary alicyclic amines) is 1. The lowest BCUT2D eigenvalue weighted by molar-refractivity contribution is 0.0790. The van der Waals surface area contributed by atoms with Gasteiger partial charge in [-0.25, -0.2) is 0 Å². The van der Waals surface area contributed by atoms with Crippen LogP contribution in [0.3, 0.4) is 0 Å². The van der Waals surface area contributed by atoms with Gasteiger partial charge in [-0.3, -0.25) is 9.79 Å². The van der Waals surface area contributed by atoms with Crippen molar-refractivity contribution in [2.45, 2.75) is 78.2 Å². The summed E-state index contributed by atoms with van der Waals surface area (Å²) in [6, 6.07) is 6.32. The Balaban J connectivity index is 1.82. The summed E-state index contributed by atoms with van der Waals surface area (Å²) in [6.07, 6.45) is 15.2. The molecule has 0 spiro atoms. The van der Waals surface area contributed by atoms with Crippen LogP contribution < -0.4 is 5.73 Å². The number of hydrogen-bond donors (Lipinski definition) is 1. The molecule has 1 atom stereocenters. The van der Waals surface area contributed by atoms with Gasteiger partial charge in [0.2, 0.25) is 0 Å². The molecule has 1 aliphatic carbocycles. The highest BCUT2D eigenvalue weighted by atomic mass is 16.2. The predicted molar refractivity (Wildman–Crippen MR) is 158 cm³/mol. The largest absolute Gasteiger partial charge is 0.337 e. The summed E-state index contributed by atoms with van der Waals surface area (Å²) in [6.45, 7) is 20.6. The molecule has 198 valence electrons. The van der Waals surface area contributed by atoms with Gasteiger partial charge >= 0.3 is 0 Å². The molecule has 1 unspecified atom stereocenters. The van der Waals surface area contributed by atoms with Crippen molar-refractivity contribution in [2.24, 2.45) is 16.6 Å². The lowest BCUT2D eigenvalue weighted by Gasteiger charge is -2.21. The highest BCUT2D eigenvalue weighted by Gasteiger charge is 2.43. The minimum atomic E-state index is 0.0672. The monoisotopic (exact) mass is 499 g/mol. The van der Waals surface area contributed by atoms with E-state index in [4.69, 9.17) is 10.7 Å². The zero-order valence-corrected chi connectivity index (χ0v) is 23.5. The van der Waals surface area contributed by atoms with Crippen molar-refractivity contribution in [1.29, 1.82) is 0 Å². The average Bonchev–Trinajstić information content (AvgIpc) is 3.55. The van der Waals surface area contributed by atoms with Crippen LogP contribution in [0, 0.1) is 5.92 Å². The van der Waals surface area contributed by atoms with E-state index in [1.165, 1.54) is 24.0 Å². The molecule has 4 nitrogen and oxygen atoms in total. The zero-order valence-electron chi connectivity index (χ0n) is 23.5. The summed E-state index contributed by atoms with van der Waals surface area (Å²) in [5.74, 6) is 0.480. The number of rotatable bonds is 11. The Labute approximate surface area is 224 Å². The van der Waals surface area contributed by atoms with Gasteiger partial charge in [0, 0.05) is 43.0 Å². The minimum Gasteiger partial charge on any atom is -0.337 e. The van der Waals surface area contributed by atoms with E-state index in [0.717, 1.165) is 47.4 Å². The summed E-state index contributed by atoms with van der Waals surface area (Å²) in [4.78, 5) is 19.8. The fraction of sp³-hybridized carbons (Fsp3) is 0.455. The van der Waals surface area contributed by atoms with Crippen LogP contribution in [-0.2, 0) is 11.8 Å². The standard InChI is InChI=1S/C33H45N3O/c1-8-11-27(23(4)5)18-24(6)26(9-2)21-35-25(7)19-29-20-28(32(37)36-17-14-30(34)22-36)12-13-31(29)33(10-3)15-16-33/h8-9,11-13,18,20-21,23,30H,6-7,10,14-17,19,22,34H2,1-5H3/b11-8-,26-9+,27-18+,35-21?. The lowest BCUT2D eigenvalue weighted by Crippen LogP contribution is -2.32. The first-order valence-electron chi connectivity index (χ1n) is 13.7. The Morgan fingerprint density at radius 3 is 2.54 bits per heavy atom. The number of nitrogens with zero attached hydrogens (tertiary/aromatic N) is 2. The Morgan fingerprint density at radius 2 is 2.00 bits per heavy atom. The number of aliphatic imine (C=N–C) groups is 1.